The lowest BCUT2D eigenvalue weighted by molar-refractivity contribution is -0.134. The van der Waals surface area contributed by atoms with Gasteiger partial charge in [0.1, 0.15) is 0 Å². The number of carbonyl (C=O) groups is 1. The molecular formula is C12H23N3O. The lowest BCUT2D eigenvalue weighted by atomic mass is 10.1. The third-order valence-electron chi connectivity index (χ3n) is 3.71. The normalized spacial score (nSPS) is 40.1. The Morgan fingerprint density at radius 3 is 2.44 bits per heavy atom. The Kier molecular flexibility index (Phi) is 3.50. The quantitative estimate of drug-likeness (QED) is 0.670. The van der Waals surface area contributed by atoms with Gasteiger partial charge in [0.25, 0.3) is 0 Å². The number of nitrogens with zero attached hydrogens (tertiary/aromatic N) is 1. The van der Waals surface area contributed by atoms with E-state index >= 15 is 0 Å². The van der Waals surface area contributed by atoms with Gasteiger partial charge in [0, 0.05) is 31.7 Å². The maximum absolute atomic E-state index is 12.3. The molecule has 4 heteroatoms. The lowest BCUT2D eigenvalue weighted by Crippen LogP contribution is -2.59. The van der Waals surface area contributed by atoms with Gasteiger partial charge < -0.3 is 15.5 Å². The van der Waals surface area contributed by atoms with E-state index in [0.29, 0.717) is 18.0 Å². The Morgan fingerprint density at radius 1 is 1.19 bits per heavy atom. The Morgan fingerprint density at radius 2 is 1.94 bits per heavy atom. The van der Waals surface area contributed by atoms with Gasteiger partial charge in [-0.25, -0.2) is 0 Å². The molecule has 2 aliphatic rings. The average Bonchev–Trinajstić information content (AvgIpc) is 2.58. The molecule has 4 nitrogen and oxygen atoms in total. The predicted octanol–water partition coefficient (Wildman–Crippen LogP) is 0.193. The minimum absolute atomic E-state index is 0.0241. The van der Waals surface area contributed by atoms with Crippen molar-refractivity contribution >= 4 is 5.91 Å². The van der Waals surface area contributed by atoms with Gasteiger partial charge in [-0.15, -0.1) is 0 Å². The van der Waals surface area contributed by atoms with E-state index in [1.807, 2.05) is 4.90 Å². The molecule has 0 radical (unpaired) electrons. The first-order valence-corrected chi connectivity index (χ1v) is 6.35. The molecule has 0 bridgehead atoms. The molecule has 2 rings (SSSR count). The SMILES string of the molecule is CC1CC(C)N(C(=O)C2CNC(C)CN2)C1. The van der Waals surface area contributed by atoms with Gasteiger partial charge in [-0.1, -0.05) is 6.92 Å². The van der Waals surface area contributed by atoms with Gasteiger partial charge in [-0.2, -0.15) is 0 Å². The van der Waals surface area contributed by atoms with Crippen LogP contribution in [-0.4, -0.2) is 48.6 Å². The summed E-state index contributed by atoms with van der Waals surface area (Å²) in [6, 6.07) is 0.853. The van der Waals surface area contributed by atoms with Crippen molar-refractivity contribution in [1.82, 2.24) is 15.5 Å². The van der Waals surface area contributed by atoms with Gasteiger partial charge in [0.05, 0.1) is 6.04 Å². The number of carbonyl (C=O) groups excluding carboxylic acids is 1. The zero-order valence-electron chi connectivity index (χ0n) is 10.5. The van der Waals surface area contributed by atoms with Gasteiger partial charge in [0.2, 0.25) is 5.91 Å². The second kappa shape index (κ2) is 4.72. The molecule has 2 aliphatic heterocycles. The molecule has 0 spiro atoms. The van der Waals surface area contributed by atoms with Crippen molar-refractivity contribution in [2.45, 2.75) is 45.3 Å². The number of hydrogen-bond acceptors (Lipinski definition) is 3. The molecule has 92 valence electrons. The first kappa shape index (κ1) is 11.9. The molecule has 0 aliphatic carbocycles. The van der Waals surface area contributed by atoms with Crippen LogP contribution < -0.4 is 10.6 Å². The van der Waals surface area contributed by atoms with Crippen LogP contribution in [0.5, 0.6) is 0 Å². The summed E-state index contributed by atoms with van der Waals surface area (Å²) in [4.78, 5) is 14.3. The predicted molar refractivity (Wildman–Crippen MR) is 64.2 cm³/mol. The van der Waals surface area contributed by atoms with Gasteiger partial charge in [-0.05, 0) is 26.2 Å². The minimum atomic E-state index is -0.0241. The van der Waals surface area contributed by atoms with E-state index < -0.39 is 0 Å². The van der Waals surface area contributed by atoms with Crippen LogP contribution in [-0.2, 0) is 4.79 Å². The summed E-state index contributed by atoms with van der Waals surface area (Å²) in [5, 5.41) is 6.68. The molecule has 0 aromatic rings. The summed E-state index contributed by atoms with van der Waals surface area (Å²) in [5.41, 5.74) is 0. The fraction of sp³-hybridized carbons (Fsp3) is 0.917. The number of amides is 1. The molecule has 2 N–H and O–H groups in total. The minimum Gasteiger partial charge on any atom is -0.338 e. The zero-order chi connectivity index (χ0) is 11.7. The summed E-state index contributed by atoms with van der Waals surface area (Å²) in [6.45, 7) is 9.08. The van der Waals surface area contributed by atoms with Crippen molar-refractivity contribution in [3.05, 3.63) is 0 Å². The second-order valence-corrected chi connectivity index (χ2v) is 5.45. The molecule has 2 heterocycles. The largest absolute Gasteiger partial charge is 0.338 e. The Hall–Kier alpha value is -0.610. The van der Waals surface area contributed by atoms with Crippen LogP contribution in [0.1, 0.15) is 27.2 Å². The number of piperazine rings is 1. The van der Waals surface area contributed by atoms with Crippen molar-refractivity contribution in [3.63, 3.8) is 0 Å². The van der Waals surface area contributed by atoms with E-state index in [4.69, 9.17) is 0 Å². The summed E-state index contributed by atoms with van der Waals surface area (Å²) in [5.74, 6) is 0.922. The van der Waals surface area contributed by atoms with Crippen molar-refractivity contribution in [2.24, 2.45) is 5.92 Å². The topological polar surface area (TPSA) is 44.4 Å². The summed E-state index contributed by atoms with van der Waals surface area (Å²) in [6.07, 6.45) is 1.14. The lowest BCUT2D eigenvalue weighted by Gasteiger charge is -2.32. The van der Waals surface area contributed by atoms with Crippen LogP contribution in [0.15, 0.2) is 0 Å². The standard InChI is InChI=1S/C12H23N3O/c1-8-4-10(3)15(7-8)12(16)11-6-13-9(2)5-14-11/h8-11,13-14H,4-7H2,1-3H3. The average molecular weight is 225 g/mol. The molecule has 16 heavy (non-hydrogen) atoms. The monoisotopic (exact) mass is 225 g/mol. The molecule has 0 saturated carbocycles. The summed E-state index contributed by atoms with van der Waals surface area (Å²) in [7, 11) is 0. The van der Waals surface area contributed by atoms with Gasteiger partial charge in [0.15, 0.2) is 0 Å². The first-order chi connectivity index (χ1) is 7.58. The zero-order valence-corrected chi connectivity index (χ0v) is 10.5. The first-order valence-electron chi connectivity index (χ1n) is 6.35. The number of nitrogens with one attached hydrogen (secondary N) is 2. The molecule has 1 amide bonds. The van der Waals surface area contributed by atoms with Crippen LogP contribution in [0.2, 0.25) is 0 Å². The highest BCUT2D eigenvalue weighted by atomic mass is 16.2. The van der Waals surface area contributed by atoms with Gasteiger partial charge in [-0.3, -0.25) is 4.79 Å². The van der Waals surface area contributed by atoms with Crippen LogP contribution in [0.25, 0.3) is 0 Å². The molecular weight excluding hydrogens is 202 g/mol. The van der Waals surface area contributed by atoms with Crippen LogP contribution in [0, 0.1) is 5.92 Å². The van der Waals surface area contributed by atoms with E-state index in [1.54, 1.807) is 0 Å². The smallest absolute Gasteiger partial charge is 0.241 e. The van der Waals surface area contributed by atoms with Crippen LogP contribution >= 0.6 is 0 Å². The van der Waals surface area contributed by atoms with E-state index in [1.165, 1.54) is 0 Å². The Bertz CT molecular complexity index is 261. The van der Waals surface area contributed by atoms with Crippen molar-refractivity contribution in [3.8, 4) is 0 Å². The number of rotatable bonds is 1. The van der Waals surface area contributed by atoms with Crippen molar-refractivity contribution in [1.29, 1.82) is 0 Å². The highest BCUT2D eigenvalue weighted by Crippen LogP contribution is 2.23. The van der Waals surface area contributed by atoms with Crippen LogP contribution in [0.4, 0.5) is 0 Å². The third kappa shape index (κ3) is 2.38. The highest BCUT2D eigenvalue weighted by molar-refractivity contribution is 5.83. The van der Waals surface area contributed by atoms with E-state index in [-0.39, 0.29) is 11.9 Å². The second-order valence-electron chi connectivity index (χ2n) is 5.45. The fourth-order valence-electron chi connectivity index (χ4n) is 2.76. The van der Waals surface area contributed by atoms with E-state index in [2.05, 4.69) is 31.4 Å². The van der Waals surface area contributed by atoms with E-state index in [9.17, 15) is 4.79 Å². The number of hydrogen-bond donors (Lipinski definition) is 2. The van der Waals surface area contributed by atoms with Crippen LogP contribution in [0.3, 0.4) is 0 Å². The Balaban J connectivity index is 1.92. The van der Waals surface area contributed by atoms with E-state index in [0.717, 1.165) is 26.1 Å². The summed E-state index contributed by atoms with van der Waals surface area (Å²) >= 11 is 0. The van der Waals surface area contributed by atoms with Crippen molar-refractivity contribution in [2.75, 3.05) is 19.6 Å². The molecule has 2 fully saturated rings. The van der Waals surface area contributed by atoms with Crippen molar-refractivity contribution < 1.29 is 4.79 Å². The Labute approximate surface area is 97.8 Å². The number of likely N-dealkylation sites (tertiary alicyclic amines) is 1. The fourth-order valence-corrected chi connectivity index (χ4v) is 2.76. The molecule has 4 atom stereocenters. The molecule has 4 unspecified atom stereocenters. The van der Waals surface area contributed by atoms with Gasteiger partial charge >= 0.3 is 0 Å². The highest BCUT2D eigenvalue weighted by Gasteiger charge is 2.34. The molecule has 0 aromatic carbocycles. The summed E-state index contributed by atoms with van der Waals surface area (Å²) < 4.78 is 0. The maximum Gasteiger partial charge on any atom is 0.241 e. The third-order valence-corrected chi connectivity index (χ3v) is 3.71. The molecule has 0 aromatic heterocycles. The maximum atomic E-state index is 12.3. The molecule has 2 saturated heterocycles.